The van der Waals surface area contributed by atoms with E-state index in [9.17, 15) is 4.79 Å². The van der Waals surface area contributed by atoms with E-state index in [0.717, 1.165) is 11.1 Å². The van der Waals surface area contributed by atoms with E-state index < -0.39 is 0 Å². The van der Waals surface area contributed by atoms with Crippen molar-refractivity contribution in [3.05, 3.63) is 70.6 Å². The third kappa shape index (κ3) is 5.20. The average Bonchev–Trinajstić information content (AvgIpc) is 3.16. The van der Waals surface area contributed by atoms with Crippen molar-refractivity contribution >= 4 is 17.5 Å². The molecule has 146 valence electrons. The molecule has 1 aromatic heterocycles. The second-order valence-corrected chi connectivity index (χ2v) is 7.57. The molecule has 0 aliphatic rings. The molecule has 0 spiro atoms. The predicted molar refractivity (Wildman–Crippen MR) is 110 cm³/mol. The first-order valence-corrected chi connectivity index (χ1v) is 9.78. The number of amides is 1. The van der Waals surface area contributed by atoms with E-state index in [1.54, 1.807) is 0 Å². The van der Waals surface area contributed by atoms with Gasteiger partial charge in [-0.15, -0.1) is 0 Å². The highest BCUT2D eigenvalue weighted by atomic mass is 35.5. The molecule has 1 atom stereocenters. The topological polar surface area (TPSA) is 68.0 Å². The van der Waals surface area contributed by atoms with Crippen LogP contribution in [0, 0.1) is 0 Å². The maximum absolute atomic E-state index is 12.2. The van der Waals surface area contributed by atoms with E-state index in [2.05, 4.69) is 41.4 Å². The van der Waals surface area contributed by atoms with Crippen LogP contribution in [0.15, 0.2) is 53.1 Å². The zero-order valence-electron chi connectivity index (χ0n) is 16.3. The van der Waals surface area contributed by atoms with E-state index in [0.29, 0.717) is 29.1 Å². The van der Waals surface area contributed by atoms with Gasteiger partial charge in [0.2, 0.25) is 17.6 Å². The number of rotatable bonds is 7. The molecule has 3 aromatic rings. The number of benzene rings is 2. The van der Waals surface area contributed by atoms with Gasteiger partial charge in [0, 0.05) is 23.4 Å². The van der Waals surface area contributed by atoms with Crippen molar-refractivity contribution in [3.8, 4) is 11.4 Å². The zero-order chi connectivity index (χ0) is 20.1. The fraction of sp³-hybridized carbons (Fsp3) is 0.318. The van der Waals surface area contributed by atoms with E-state index >= 15 is 0 Å². The Balaban J connectivity index is 1.53. The van der Waals surface area contributed by atoms with Crippen LogP contribution in [0.1, 0.15) is 56.2 Å². The normalized spacial score (nSPS) is 12.2. The maximum Gasteiger partial charge on any atom is 0.227 e. The van der Waals surface area contributed by atoms with E-state index in [1.165, 1.54) is 5.56 Å². The lowest BCUT2D eigenvalue weighted by Gasteiger charge is -2.14. The van der Waals surface area contributed by atoms with Crippen LogP contribution in [0.3, 0.4) is 0 Å². The summed E-state index contributed by atoms with van der Waals surface area (Å²) in [7, 11) is 0. The first-order valence-electron chi connectivity index (χ1n) is 9.40. The van der Waals surface area contributed by atoms with Crippen molar-refractivity contribution < 1.29 is 9.32 Å². The van der Waals surface area contributed by atoms with Gasteiger partial charge in [-0.25, -0.2) is 0 Å². The van der Waals surface area contributed by atoms with Crippen molar-refractivity contribution in [2.75, 3.05) is 0 Å². The number of aromatic nitrogens is 2. The smallest absolute Gasteiger partial charge is 0.227 e. The first-order chi connectivity index (χ1) is 13.4. The molecule has 0 bridgehead atoms. The summed E-state index contributed by atoms with van der Waals surface area (Å²) >= 11 is 5.90. The van der Waals surface area contributed by atoms with Gasteiger partial charge in [-0.05, 0) is 36.1 Å². The Hall–Kier alpha value is -2.66. The van der Waals surface area contributed by atoms with Crippen molar-refractivity contribution in [1.82, 2.24) is 15.5 Å². The van der Waals surface area contributed by atoms with Crippen molar-refractivity contribution in [2.45, 2.75) is 45.6 Å². The Morgan fingerprint density at radius 3 is 2.32 bits per heavy atom. The molecule has 0 radical (unpaired) electrons. The monoisotopic (exact) mass is 397 g/mol. The van der Waals surface area contributed by atoms with Crippen LogP contribution < -0.4 is 5.32 Å². The molecule has 2 aromatic carbocycles. The highest BCUT2D eigenvalue weighted by Gasteiger charge is 2.13. The number of halogens is 1. The van der Waals surface area contributed by atoms with Crippen molar-refractivity contribution in [2.24, 2.45) is 0 Å². The molecule has 0 aliphatic carbocycles. The Bertz CT molecular complexity index is 918. The summed E-state index contributed by atoms with van der Waals surface area (Å²) in [6.45, 7) is 6.24. The Kier molecular flexibility index (Phi) is 6.47. The van der Waals surface area contributed by atoms with Crippen LogP contribution in [-0.2, 0) is 11.2 Å². The first kappa shape index (κ1) is 20.1. The molecule has 1 heterocycles. The van der Waals surface area contributed by atoms with Gasteiger partial charge in [0.05, 0.1) is 6.04 Å². The Morgan fingerprint density at radius 2 is 1.68 bits per heavy atom. The lowest BCUT2D eigenvalue weighted by Crippen LogP contribution is -2.26. The number of aryl methyl sites for hydroxylation is 1. The van der Waals surface area contributed by atoms with Gasteiger partial charge in [0.1, 0.15) is 0 Å². The minimum absolute atomic E-state index is 0.0662. The van der Waals surface area contributed by atoms with Crippen LogP contribution in [0.25, 0.3) is 11.4 Å². The molecule has 5 nitrogen and oxygen atoms in total. The molecule has 0 saturated heterocycles. The summed E-state index contributed by atoms with van der Waals surface area (Å²) in [5, 5.41) is 7.67. The lowest BCUT2D eigenvalue weighted by atomic mass is 10.0. The Labute approximate surface area is 170 Å². The standard InChI is InChI=1S/C22H24ClN3O2/c1-14(2)16-4-6-18(7-5-16)22-25-21(28-26-22)13-12-20(27)24-15(3)17-8-10-19(23)11-9-17/h4-11,14-15H,12-13H2,1-3H3,(H,24,27)/t15-/m0/s1. The summed E-state index contributed by atoms with van der Waals surface area (Å²) in [4.78, 5) is 16.6. The molecule has 1 amide bonds. The maximum atomic E-state index is 12.2. The van der Waals surface area contributed by atoms with Gasteiger partial charge < -0.3 is 9.84 Å². The van der Waals surface area contributed by atoms with Crippen LogP contribution in [0.4, 0.5) is 0 Å². The summed E-state index contributed by atoms with van der Waals surface area (Å²) in [6, 6.07) is 15.5. The molecular weight excluding hydrogens is 374 g/mol. The molecule has 0 unspecified atom stereocenters. The lowest BCUT2D eigenvalue weighted by molar-refractivity contribution is -0.121. The van der Waals surface area contributed by atoms with E-state index in [4.69, 9.17) is 16.1 Å². The van der Waals surface area contributed by atoms with Crippen LogP contribution >= 0.6 is 11.6 Å². The number of nitrogens with one attached hydrogen (secondary N) is 1. The number of hydrogen-bond acceptors (Lipinski definition) is 4. The second kappa shape index (κ2) is 9.02. The van der Waals surface area contributed by atoms with E-state index in [1.807, 2.05) is 43.3 Å². The van der Waals surface area contributed by atoms with Crippen molar-refractivity contribution in [1.29, 1.82) is 0 Å². The molecule has 0 fully saturated rings. The number of hydrogen-bond donors (Lipinski definition) is 1. The highest BCUT2D eigenvalue weighted by molar-refractivity contribution is 6.30. The third-order valence-electron chi connectivity index (χ3n) is 4.62. The van der Waals surface area contributed by atoms with Gasteiger partial charge in [-0.1, -0.05) is 67.0 Å². The largest absolute Gasteiger partial charge is 0.350 e. The molecule has 0 aliphatic heterocycles. The summed E-state index contributed by atoms with van der Waals surface area (Å²) in [5.41, 5.74) is 3.17. The zero-order valence-corrected chi connectivity index (χ0v) is 17.0. The fourth-order valence-electron chi connectivity index (χ4n) is 2.86. The van der Waals surface area contributed by atoms with Gasteiger partial charge in [0.25, 0.3) is 0 Å². The van der Waals surface area contributed by atoms with Crippen LogP contribution in [-0.4, -0.2) is 16.0 Å². The van der Waals surface area contributed by atoms with Gasteiger partial charge in [-0.2, -0.15) is 4.98 Å². The summed E-state index contributed by atoms with van der Waals surface area (Å²) in [5.74, 6) is 1.41. The van der Waals surface area contributed by atoms with Crippen LogP contribution in [0.2, 0.25) is 5.02 Å². The number of nitrogens with zero attached hydrogens (tertiary/aromatic N) is 2. The minimum atomic E-state index is -0.0949. The number of carbonyl (C=O) groups excluding carboxylic acids is 1. The second-order valence-electron chi connectivity index (χ2n) is 7.13. The number of carbonyl (C=O) groups is 1. The highest BCUT2D eigenvalue weighted by Crippen LogP contribution is 2.21. The SMILES string of the molecule is CC(C)c1ccc(-c2noc(CCC(=O)N[C@@H](C)c3ccc(Cl)cc3)n2)cc1. The van der Waals surface area contributed by atoms with Gasteiger partial charge in [-0.3, -0.25) is 4.79 Å². The summed E-state index contributed by atoms with van der Waals surface area (Å²) < 4.78 is 5.29. The molecule has 1 N–H and O–H groups in total. The molecule has 28 heavy (non-hydrogen) atoms. The molecule has 6 heteroatoms. The molecule has 0 saturated carbocycles. The third-order valence-corrected chi connectivity index (χ3v) is 4.87. The fourth-order valence-corrected chi connectivity index (χ4v) is 2.99. The average molecular weight is 398 g/mol. The van der Waals surface area contributed by atoms with Gasteiger partial charge in [0.15, 0.2) is 0 Å². The van der Waals surface area contributed by atoms with E-state index in [-0.39, 0.29) is 18.4 Å². The minimum Gasteiger partial charge on any atom is -0.350 e. The molecule has 3 rings (SSSR count). The quantitative estimate of drug-likeness (QED) is 0.585. The Morgan fingerprint density at radius 1 is 1.04 bits per heavy atom. The van der Waals surface area contributed by atoms with Crippen LogP contribution in [0.5, 0.6) is 0 Å². The predicted octanol–water partition coefficient (Wildman–Crippen LogP) is 5.32. The molecular formula is C22H24ClN3O2. The van der Waals surface area contributed by atoms with Gasteiger partial charge >= 0.3 is 0 Å². The van der Waals surface area contributed by atoms with Crippen molar-refractivity contribution in [3.63, 3.8) is 0 Å². The summed E-state index contributed by atoms with van der Waals surface area (Å²) in [6.07, 6.45) is 0.683.